The maximum Gasteiger partial charge on any atom is 0.310 e. The number of carboxylic acid groups (broad SMARTS) is 1. The van der Waals surface area contributed by atoms with Crippen LogP contribution in [0.4, 0.5) is 8.78 Å². The smallest absolute Gasteiger partial charge is 0.310 e. The molecule has 0 saturated heterocycles. The molecule has 2 rings (SSSR count). The van der Waals surface area contributed by atoms with Crippen molar-refractivity contribution in [2.75, 3.05) is 0 Å². The summed E-state index contributed by atoms with van der Waals surface area (Å²) in [5.74, 6) is -3.12. The van der Waals surface area contributed by atoms with Crippen LogP contribution in [0, 0.1) is 11.6 Å². The van der Waals surface area contributed by atoms with Gasteiger partial charge in [0, 0.05) is 6.07 Å². The molecule has 4 heteroatoms. The summed E-state index contributed by atoms with van der Waals surface area (Å²) in [4.78, 5) is 10.7. The minimum absolute atomic E-state index is 0.287. The van der Waals surface area contributed by atoms with Crippen LogP contribution in [0.1, 0.15) is 23.5 Å². The molecular formula is C10H8F2O2. The highest BCUT2D eigenvalue weighted by Crippen LogP contribution is 2.35. The van der Waals surface area contributed by atoms with Crippen LogP contribution in [-0.4, -0.2) is 11.1 Å². The van der Waals surface area contributed by atoms with Gasteiger partial charge in [-0.05, 0) is 30.0 Å². The van der Waals surface area contributed by atoms with Gasteiger partial charge in [0.25, 0.3) is 0 Å². The zero-order valence-corrected chi connectivity index (χ0v) is 7.26. The van der Waals surface area contributed by atoms with Crippen molar-refractivity contribution in [3.63, 3.8) is 0 Å². The molecule has 1 aliphatic rings. The van der Waals surface area contributed by atoms with Crippen LogP contribution in [0.15, 0.2) is 12.1 Å². The fraction of sp³-hybridized carbons (Fsp3) is 0.300. The fourth-order valence-corrected chi connectivity index (χ4v) is 1.90. The first-order chi connectivity index (χ1) is 6.59. The monoisotopic (exact) mass is 198 g/mol. The Balaban J connectivity index is 2.54. The Kier molecular flexibility index (Phi) is 1.98. The van der Waals surface area contributed by atoms with E-state index in [4.69, 9.17) is 5.11 Å². The van der Waals surface area contributed by atoms with Crippen molar-refractivity contribution in [3.05, 3.63) is 34.9 Å². The summed E-state index contributed by atoms with van der Waals surface area (Å²) < 4.78 is 26.0. The van der Waals surface area contributed by atoms with Gasteiger partial charge in [0.2, 0.25) is 0 Å². The minimum Gasteiger partial charge on any atom is -0.481 e. The number of rotatable bonds is 1. The number of carbonyl (C=O) groups is 1. The third kappa shape index (κ3) is 1.27. The maximum atomic E-state index is 13.2. The quantitative estimate of drug-likeness (QED) is 0.750. The second-order valence-corrected chi connectivity index (χ2v) is 3.38. The van der Waals surface area contributed by atoms with E-state index >= 15 is 0 Å². The van der Waals surface area contributed by atoms with Crippen molar-refractivity contribution in [2.45, 2.75) is 18.8 Å². The molecule has 0 aromatic heterocycles. The zero-order valence-electron chi connectivity index (χ0n) is 7.26. The lowest BCUT2D eigenvalue weighted by Gasteiger charge is -2.05. The Bertz CT molecular complexity index is 401. The highest BCUT2D eigenvalue weighted by molar-refractivity contribution is 5.77. The van der Waals surface area contributed by atoms with Gasteiger partial charge in [0.15, 0.2) is 0 Å². The van der Waals surface area contributed by atoms with Crippen molar-refractivity contribution in [1.29, 1.82) is 0 Å². The van der Waals surface area contributed by atoms with E-state index in [1.54, 1.807) is 0 Å². The molecule has 0 bridgehead atoms. The van der Waals surface area contributed by atoms with Gasteiger partial charge in [-0.2, -0.15) is 0 Å². The fourth-order valence-electron chi connectivity index (χ4n) is 1.90. The average molecular weight is 198 g/mol. The molecule has 0 fully saturated rings. The topological polar surface area (TPSA) is 37.3 Å². The van der Waals surface area contributed by atoms with Gasteiger partial charge in [-0.15, -0.1) is 0 Å². The first-order valence-corrected chi connectivity index (χ1v) is 4.30. The van der Waals surface area contributed by atoms with Gasteiger partial charge >= 0.3 is 5.97 Å². The van der Waals surface area contributed by atoms with E-state index in [9.17, 15) is 13.6 Å². The molecule has 0 amide bonds. The number of benzene rings is 1. The SMILES string of the molecule is O=C(O)[C@H]1CCc2c(F)cc(F)cc21. The third-order valence-corrected chi connectivity index (χ3v) is 2.55. The van der Waals surface area contributed by atoms with Crippen molar-refractivity contribution >= 4 is 5.97 Å². The van der Waals surface area contributed by atoms with Crippen molar-refractivity contribution < 1.29 is 18.7 Å². The molecular weight excluding hydrogens is 190 g/mol. The molecule has 14 heavy (non-hydrogen) atoms. The van der Waals surface area contributed by atoms with Gasteiger partial charge < -0.3 is 5.11 Å². The summed E-state index contributed by atoms with van der Waals surface area (Å²) in [5.41, 5.74) is 0.633. The van der Waals surface area contributed by atoms with Gasteiger partial charge in [-0.25, -0.2) is 8.78 Å². The molecule has 0 spiro atoms. The number of hydrogen-bond acceptors (Lipinski definition) is 1. The van der Waals surface area contributed by atoms with Crippen molar-refractivity contribution in [3.8, 4) is 0 Å². The largest absolute Gasteiger partial charge is 0.481 e. The number of carboxylic acids is 1. The van der Waals surface area contributed by atoms with Gasteiger partial charge in [0.05, 0.1) is 5.92 Å². The van der Waals surface area contributed by atoms with E-state index in [1.165, 1.54) is 0 Å². The Labute approximate surface area is 79.2 Å². The summed E-state index contributed by atoms with van der Waals surface area (Å²) in [6.45, 7) is 0. The molecule has 0 radical (unpaired) electrons. The molecule has 0 saturated carbocycles. The van der Waals surface area contributed by atoms with Crippen LogP contribution in [0.3, 0.4) is 0 Å². The van der Waals surface area contributed by atoms with Crippen LogP contribution in [0.2, 0.25) is 0 Å². The van der Waals surface area contributed by atoms with E-state index in [2.05, 4.69) is 0 Å². The third-order valence-electron chi connectivity index (χ3n) is 2.55. The molecule has 1 aromatic rings. The van der Waals surface area contributed by atoms with Gasteiger partial charge in [-0.3, -0.25) is 4.79 Å². The van der Waals surface area contributed by atoms with Crippen molar-refractivity contribution in [2.24, 2.45) is 0 Å². The standard InChI is InChI=1S/C10H8F2O2/c11-5-3-8-6(9(12)4-5)1-2-7(8)10(13)14/h3-4,7H,1-2H2,(H,13,14)/t7-/m0/s1. The maximum absolute atomic E-state index is 13.2. The lowest BCUT2D eigenvalue weighted by atomic mass is 10.0. The lowest BCUT2D eigenvalue weighted by molar-refractivity contribution is -0.138. The molecule has 2 nitrogen and oxygen atoms in total. The highest BCUT2D eigenvalue weighted by Gasteiger charge is 2.30. The summed E-state index contributed by atoms with van der Waals surface area (Å²) in [6, 6.07) is 1.91. The summed E-state index contributed by atoms with van der Waals surface area (Å²) in [5, 5.41) is 8.80. The van der Waals surface area contributed by atoms with E-state index in [1.807, 2.05) is 0 Å². The zero-order chi connectivity index (χ0) is 10.3. The van der Waals surface area contributed by atoms with Crippen LogP contribution in [0.5, 0.6) is 0 Å². The summed E-state index contributed by atoms with van der Waals surface area (Å²) in [7, 11) is 0. The van der Waals surface area contributed by atoms with E-state index in [0.29, 0.717) is 18.4 Å². The minimum atomic E-state index is -1.02. The Hall–Kier alpha value is -1.45. The van der Waals surface area contributed by atoms with Crippen LogP contribution >= 0.6 is 0 Å². The second kappa shape index (κ2) is 3.04. The van der Waals surface area contributed by atoms with E-state index < -0.39 is 23.5 Å². The van der Waals surface area contributed by atoms with Crippen LogP contribution in [-0.2, 0) is 11.2 Å². The Morgan fingerprint density at radius 3 is 2.79 bits per heavy atom. The summed E-state index contributed by atoms with van der Waals surface area (Å²) >= 11 is 0. The first-order valence-electron chi connectivity index (χ1n) is 4.30. The van der Waals surface area contributed by atoms with Crippen LogP contribution in [0.25, 0.3) is 0 Å². The highest BCUT2D eigenvalue weighted by atomic mass is 19.1. The van der Waals surface area contributed by atoms with E-state index in [-0.39, 0.29) is 5.56 Å². The van der Waals surface area contributed by atoms with Gasteiger partial charge in [-0.1, -0.05) is 0 Å². The van der Waals surface area contributed by atoms with Gasteiger partial charge in [0.1, 0.15) is 11.6 Å². The second-order valence-electron chi connectivity index (χ2n) is 3.38. The van der Waals surface area contributed by atoms with E-state index in [0.717, 1.165) is 12.1 Å². The number of aliphatic carboxylic acids is 1. The normalized spacial score (nSPS) is 19.4. The Morgan fingerprint density at radius 2 is 2.14 bits per heavy atom. The Morgan fingerprint density at radius 1 is 1.43 bits per heavy atom. The molecule has 1 aromatic carbocycles. The first kappa shape index (κ1) is 9.12. The average Bonchev–Trinajstić information content (AvgIpc) is 2.47. The molecule has 0 heterocycles. The molecule has 1 aliphatic carbocycles. The lowest BCUT2D eigenvalue weighted by Crippen LogP contribution is -2.08. The molecule has 0 aliphatic heterocycles. The molecule has 1 N–H and O–H groups in total. The number of hydrogen-bond donors (Lipinski definition) is 1. The number of halogens is 2. The molecule has 0 unspecified atom stereocenters. The van der Waals surface area contributed by atoms with Crippen LogP contribution < -0.4 is 0 Å². The molecule has 74 valence electrons. The molecule has 1 atom stereocenters. The predicted octanol–water partition coefficient (Wildman–Crippen LogP) is 2.08. The number of fused-ring (bicyclic) bond motifs is 1. The summed E-state index contributed by atoms with van der Waals surface area (Å²) in [6.07, 6.45) is 0.726. The predicted molar refractivity (Wildman–Crippen MR) is 45.1 cm³/mol. The van der Waals surface area contributed by atoms with Crippen molar-refractivity contribution in [1.82, 2.24) is 0 Å².